The highest BCUT2D eigenvalue weighted by atomic mass is 16.5. The van der Waals surface area contributed by atoms with Crippen LogP contribution in [0.1, 0.15) is 38.2 Å². The minimum atomic E-state index is 0.0835. The predicted octanol–water partition coefficient (Wildman–Crippen LogP) is 3.05. The van der Waals surface area contributed by atoms with E-state index in [-0.39, 0.29) is 11.9 Å². The van der Waals surface area contributed by atoms with Gasteiger partial charge in [0.15, 0.2) is 11.4 Å². The number of hydrogen-bond donors (Lipinski definition) is 2. The molecule has 4 aromatic heterocycles. The van der Waals surface area contributed by atoms with Crippen LogP contribution < -0.4 is 15.0 Å². The van der Waals surface area contributed by atoms with E-state index in [0.29, 0.717) is 23.9 Å². The number of amides is 1. The normalized spacial score (nSPS) is 14.9. The number of anilines is 1. The fraction of sp³-hybridized carbons (Fsp3) is 0.462. The lowest BCUT2D eigenvalue weighted by Crippen LogP contribution is -2.47. The number of aromatic nitrogens is 5. The van der Waals surface area contributed by atoms with Crippen molar-refractivity contribution in [1.29, 1.82) is 0 Å². The summed E-state index contributed by atoms with van der Waals surface area (Å²) in [5.74, 6) is 2.02. The van der Waals surface area contributed by atoms with E-state index in [1.807, 2.05) is 37.5 Å². The zero-order valence-electron chi connectivity index (χ0n) is 21.6. The number of rotatable bonds is 7. The summed E-state index contributed by atoms with van der Waals surface area (Å²) in [6.07, 6.45) is 7.25. The van der Waals surface area contributed by atoms with Gasteiger partial charge in [0, 0.05) is 36.3 Å². The Kier molecular flexibility index (Phi) is 6.53. The van der Waals surface area contributed by atoms with Gasteiger partial charge in [0.1, 0.15) is 12.1 Å². The molecule has 0 aromatic carbocycles. The summed E-state index contributed by atoms with van der Waals surface area (Å²) >= 11 is 0. The van der Waals surface area contributed by atoms with Gasteiger partial charge in [0.05, 0.1) is 31.1 Å². The monoisotopic (exact) mass is 490 g/mol. The molecule has 1 fully saturated rings. The maximum atomic E-state index is 12.1. The minimum absolute atomic E-state index is 0.0835. The lowest BCUT2D eigenvalue weighted by molar-refractivity contribution is -0.122. The van der Waals surface area contributed by atoms with Crippen LogP contribution in [-0.4, -0.2) is 82.3 Å². The van der Waals surface area contributed by atoms with E-state index in [2.05, 4.69) is 45.2 Å². The second-order valence-electron chi connectivity index (χ2n) is 10.0. The van der Waals surface area contributed by atoms with E-state index in [9.17, 15) is 4.79 Å². The molecular weight excluding hydrogens is 456 g/mol. The van der Waals surface area contributed by atoms with E-state index in [1.54, 1.807) is 11.6 Å². The second kappa shape index (κ2) is 9.77. The largest absolute Gasteiger partial charge is 0.493 e. The lowest BCUT2D eigenvalue weighted by Gasteiger charge is -2.33. The van der Waals surface area contributed by atoms with Gasteiger partial charge in [-0.3, -0.25) is 4.79 Å². The van der Waals surface area contributed by atoms with Gasteiger partial charge in [0.2, 0.25) is 5.91 Å². The van der Waals surface area contributed by atoms with Crippen molar-refractivity contribution < 1.29 is 9.53 Å². The first-order chi connectivity index (χ1) is 17.3. The third-order valence-corrected chi connectivity index (χ3v) is 6.78. The summed E-state index contributed by atoms with van der Waals surface area (Å²) in [6.45, 7) is 6.56. The summed E-state index contributed by atoms with van der Waals surface area (Å²) < 4.78 is 7.33. The number of carbonyl (C=O) groups is 1. The van der Waals surface area contributed by atoms with Gasteiger partial charge in [0.25, 0.3) is 0 Å². The van der Waals surface area contributed by atoms with Crippen LogP contribution >= 0.6 is 0 Å². The fourth-order valence-electron chi connectivity index (χ4n) is 5.10. The maximum Gasteiger partial charge on any atom is 0.234 e. The van der Waals surface area contributed by atoms with Gasteiger partial charge >= 0.3 is 0 Å². The van der Waals surface area contributed by atoms with Crippen LogP contribution in [0.4, 0.5) is 5.82 Å². The van der Waals surface area contributed by atoms with Gasteiger partial charge in [-0.25, -0.2) is 14.5 Å². The Hall–Kier alpha value is -3.66. The molecule has 1 saturated heterocycles. The van der Waals surface area contributed by atoms with E-state index < -0.39 is 0 Å². The highest BCUT2D eigenvalue weighted by Gasteiger charge is 2.24. The number of methoxy groups -OCH3 is 1. The van der Waals surface area contributed by atoms with E-state index in [0.717, 1.165) is 48.5 Å². The summed E-state index contributed by atoms with van der Waals surface area (Å²) in [5.41, 5.74) is 4.95. The number of fused-ring (bicyclic) bond motifs is 2. The molecule has 1 amide bonds. The van der Waals surface area contributed by atoms with Crippen LogP contribution in [0.25, 0.3) is 27.8 Å². The van der Waals surface area contributed by atoms with Gasteiger partial charge in [-0.15, -0.1) is 0 Å². The Morgan fingerprint density at radius 3 is 2.72 bits per heavy atom. The smallest absolute Gasteiger partial charge is 0.234 e. The van der Waals surface area contributed by atoms with Crippen molar-refractivity contribution in [3.63, 3.8) is 0 Å². The van der Waals surface area contributed by atoms with Gasteiger partial charge in [-0.1, -0.05) is 13.8 Å². The maximum absolute atomic E-state index is 12.1. The molecule has 1 aliphatic rings. The molecule has 1 aliphatic heterocycles. The highest BCUT2D eigenvalue weighted by molar-refractivity contribution is 5.92. The molecule has 0 spiro atoms. The molecule has 4 aromatic rings. The van der Waals surface area contributed by atoms with Crippen molar-refractivity contribution in [2.45, 2.75) is 38.6 Å². The molecule has 5 heterocycles. The molecule has 0 atom stereocenters. The first-order valence-electron chi connectivity index (χ1n) is 12.4. The minimum Gasteiger partial charge on any atom is -0.493 e. The molecule has 190 valence electrons. The Balaban J connectivity index is 1.43. The molecule has 36 heavy (non-hydrogen) atoms. The number of piperidine rings is 1. The third kappa shape index (κ3) is 4.60. The molecule has 0 saturated carbocycles. The number of carbonyl (C=O) groups excluding carboxylic acids is 1. The molecule has 0 radical (unpaired) electrons. The molecule has 0 unspecified atom stereocenters. The van der Waals surface area contributed by atoms with Crippen molar-refractivity contribution in [2.24, 2.45) is 0 Å². The average Bonchev–Trinajstić information content (AvgIpc) is 3.47. The average molecular weight is 491 g/mol. The summed E-state index contributed by atoms with van der Waals surface area (Å²) in [7, 11) is 5.46. The van der Waals surface area contributed by atoms with Crippen molar-refractivity contribution in [3.8, 4) is 17.0 Å². The summed E-state index contributed by atoms with van der Waals surface area (Å²) in [6, 6.07) is 4.41. The first-order valence-corrected chi connectivity index (χ1v) is 12.4. The highest BCUT2D eigenvalue weighted by Crippen LogP contribution is 2.38. The van der Waals surface area contributed by atoms with Gasteiger partial charge < -0.3 is 24.8 Å². The second-order valence-corrected chi connectivity index (χ2v) is 10.0. The van der Waals surface area contributed by atoms with Crippen LogP contribution in [0.5, 0.6) is 5.75 Å². The van der Waals surface area contributed by atoms with Gasteiger partial charge in [-0.2, -0.15) is 5.10 Å². The number of pyridine rings is 2. The molecular formula is C26H34N8O2. The number of nitrogens with zero attached hydrogens (tertiary/aromatic N) is 6. The fourth-order valence-corrected chi connectivity index (χ4v) is 5.10. The Bertz CT molecular complexity index is 1380. The standard InChI is InChI=1S/C26H34N8O2/c1-16(2)24-19-11-22(33-8-6-18(7-9-33)30-23(35)14-32(3)4)27-12-20(19)31-25(24)17-10-21(36-5)26-28-15-29-34(26)13-17/h10-13,15-16,18,31H,6-9,14H2,1-5H3,(H,30,35). The van der Waals surface area contributed by atoms with Crippen molar-refractivity contribution in [2.75, 3.05) is 45.7 Å². The van der Waals surface area contributed by atoms with Crippen LogP contribution in [0.2, 0.25) is 0 Å². The molecule has 10 nitrogen and oxygen atoms in total. The van der Waals surface area contributed by atoms with Crippen molar-refractivity contribution in [1.82, 2.24) is 34.8 Å². The zero-order chi connectivity index (χ0) is 25.4. The number of likely N-dealkylation sites (N-methyl/N-ethyl adjacent to an activating group) is 1. The Morgan fingerprint density at radius 2 is 2.03 bits per heavy atom. The van der Waals surface area contributed by atoms with Crippen LogP contribution in [0.3, 0.4) is 0 Å². The quantitative estimate of drug-likeness (QED) is 0.410. The van der Waals surface area contributed by atoms with E-state index >= 15 is 0 Å². The van der Waals surface area contributed by atoms with Crippen LogP contribution in [-0.2, 0) is 4.79 Å². The first kappa shape index (κ1) is 24.1. The van der Waals surface area contributed by atoms with Crippen LogP contribution in [0.15, 0.2) is 30.9 Å². The topological polar surface area (TPSA) is 104 Å². The Morgan fingerprint density at radius 1 is 1.25 bits per heavy atom. The summed E-state index contributed by atoms with van der Waals surface area (Å²) in [5, 5.41) is 8.65. The number of hydrogen-bond acceptors (Lipinski definition) is 7. The molecule has 10 heteroatoms. The van der Waals surface area contributed by atoms with Crippen LogP contribution in [0, 0.1) is 0 Å². The SMILES string of the molecule is COc1cc(-c2[nH]c3cnc(N4CCC(NC(=O)CN(C)C)CC4)cc3c2C(C)C)cn2ncnc12. The molecule has 0 aliphatic carbocycles. The van der Waals surface area contributed by atoms with E-state index in [4.69, 9.17) is 9.72 Å². The number of nitrogens with one attached hydrogen (secondary N) is 2. The zero-order valence-corrected chi connectivity index (χ0v) is 21.6. The number of aromatic amines is 1. The number of H-pyrrole nitrogens is 1. The Labute approximate surface area is 210 Å². The van der Waals surface area contributed by atoms with Crippen molar-refractivity contribution in [3.05, 3.63) is 36.4 Å². The molecule has 5 rings (SSSR count). The number of ether oxygens (including phenoxy) is 1. The predicted molar refractivity (Wildman–Crippen MR) is 141 cm³/mol. The van der Waals surface area contributed by atoms with Gasteiger partial charge in [-0.05, 0) is 50.6 Å². The van der Waals surface area contributed by atoms with Crippen molar-refractivity contribution >= 4 is 28.3 Å². The molecule has 2 N–H and O–H groups in total. The van der Waals surface area contributed by atoms with E-state index in [1.165, 1.54) is 17.3 Å². The molecule has 0 bridgehead atoms. The third-order valence-electron chi connectivity index (χ3n) is 6.78. The summed E-state index contributed by atoms with van der Waals surface area (Å²) in [4.78, 5) is 29.0. The lowest BCUT2D eigenvalue weighted by atomic mass is 9.97.